The largest absolute Gasteiger partial charge is 0.480 e. The van der Waals surface area contributed by atoms with Crippen LogP contribution >= 0.6 is 23.2 Å². The van der Waals surface area contributed by atoms with Gasteiger partial charge < -0.3 is 5.11 Å². The number of amides is 2. The first-order valence-corrected chi connectivity index (χ1v) is 10.9. The van der Waals surface area contributed by atoms with Crippen molar-refractivity contribution in [2.24, 2.45) is 11.8 Å². The average molecular weight is 464 g/mol. The molecule has 0 aromatic heterocycles. The summed E-state index contributed by atoms with van der Waals surface area (Å²) in [4.78, 5) is 41.8. The molecule has 7 heteroatoms. The van der Waals surface area contributed by atoms with Crippen LogP contribution in [-0.2, 0) is 19.8 Å². The van der Waals surface area contributed by atoms with Crippen molar-refractivity contribution < 1.29 is 19.5 Å². The number of carboxylic acids is 1. The van der Waals surface area contributed by atoms with Crippen LogP contribution in [0.3, 0.4) is 0 Å². The molecule has 4 aliphatic rings. The van der Waals surface area contributed by atoms with E-state index in [1.807, 2.05) is 24.3 Å². The molecule has 32 heavy (non-hydrogen) atoms. The summed E-state index contributed by atoms with van der Waals surface area (Å²) >= 11 is 12.5. The maximum atomic E-state index is 13.9. The van der Waals surface area contributed by atoms with E-state index in [1.165, 1.54) is 12.1 Å². The molecule has 1 aliphatic heterocycles. The highest BCUT2D eigenvalue weighted by atomic mass is 35.5. The molecule has 3 aliphatic carbocycles. The second-order valence-electron chi connectivity index (χ2n) is 8.38. The Morgan fingerprint density at radius 2 is 1.47 bits per heavy atom. The maximum absolute atomic E-state index is 13.9. The number of nitrogens with zero attached hydrogens (tertiary/aromatic N) is 1. The second kappa shape index (κ2) is 6.44. The Balaban J connectivity index is 1.68. The molecule has 0 spiro atoms. The third kappa shape index (κ3) is 2.13. The molecule has 2 amide bonds. The van der Waals surface area contributed by atoms with E-state index in [9.17, 15) is 19.5 Å². The van der Waals surface area contributed by atoms with Gasteiger partial charge in [-0.05, 0) is 40.5 Å². The number of anilines is 1. The molecule has 1 saturated heterocycles. The molecule has 0 saturated carbocycles. The van der Waals surface area contributed by atoms with E-state index >= 15 is 0 Å². The number of rotatable bonds is 2. The van der Waals surface area contributed by atoms with Gasteiger partial charge in [0.25, 0.3) is 0 Å². The van der Waals surface area contributed by atoms with E-state index < -0.39 is 41.0 Å². The first-order chi connectivity index (χ1) is 15.4. The summed E-state index contributed by atoms with van der Waals surface area (Å²) in [6.45, 7) is 0. The molecule has 2 unspecified atom stereocenters. The molecule has 1 N–H and O–H groups in total. The number of hydrogen-bond donors (Lipinski definition) is 1. The fourth-order valence-corrected chi connectivity index (χ4v) is 6.40. The van der Waals surface area contributed by atoms with Crippen LogP contribution in [-0.4, -0.2) is 22.9 Å². The van der Waals surface area contributed by atoms with Crippen molar-refractivity contribution in [1.82, 2.24) is 0 Å². The van der Waals surface area contributed by atoms with Crippen LogP contribution in [0.1, 0.15) is 28.2 Å². The minimum absolute atomic E-state index is 0.177. The predicted octanol–water partition coefficient (Wildman–Crippen LogP) is 4.63. The van der Waals surface area contributed by atoms with Gasteiger partial charge in [-0.2, -0.15) is 0 Å². The van der Waals surface area contributed by atoms with Gasteiger partial charge in [0.2, 0.25) is 11.8 Å². The number of halogens is 2. The van der Waals surface area contributed by atoms with Gasteiger partial charge in [-0.25, -0.2) is 4.90 Å². The number of hydrogen-bond acceptors (Lipinski definition) is 3. The zero-order chi connectivity index (χ0) is 22.4. The number of imide groups is 1. The van der Waals surface area contributed by atoms with Crippen molar-refractivity contribution in [2.75, 3.05) is 4.90 Å². The summed E-state index contributed by atoms with van der Waals surface area (Å²) in [7, 11) is 0. The Hall–Kier alpha value is -3.15. The Labute approximate surface area is 193 Å². The fourth-order valence-electron chi connectivity index (χ4n) is 6.03. The van der Waals surface area contributed by atoms with Crippen molar-refractivity contribution in [3.8, 4) is 0 Å². The summed E-state index contributed by atoms with van der Waals surface area (Å²) in [6, 6.07) is 19.0. The van der Waals surface area contributed by atoms with Crippen molar-refractivity contribution in [1.29, 1.82) is 0 Å². The summed E-state index contributed by atoms with van der Waals surface area (Å²) in [5.74, 6) is -4.53. The maximum Gasteiger partial charge on any atom is 0.319 e. The monoisotopic (exact) mass is 463 g/mol. The number of carbonyl (C=O) groups is 3. The molecule has 7 rings (SSSR count). The van der Waals surface area contributed by atoms with Crippen LogP contribution in [0.4, 0.5) is 5.69 Å². The van der Waals surface area contributed by atoms with Crippen molar-refractivity contribution >= 4 is 46.7 Å². The van der Waals surface area contributed by atoms with Gasteiger partial charge in [0.05, 0.1) is 22.5 Å². The molecular weight excluding hydrogens is 449 g/mol. The molecule has 3 aromatic rings. The fraction of sp³-hybridized carbons (Fsp3) is 0.160. The van der Waals surface area contributed by atoms with Gasteiger partial charge in [0, 0.05) is 10.9 Å². The van der Waals surface area contributed by atoms with Crippen LogP contribution in [0.5, 0.6) is 0 Å². The summed E-state index contributed by atoms with van der Waals surface area (Å²) in [5, 5.41) is 11.2. The van der Waals surface area contributed by atoms with Gasteiger partial charge >= 0.3 is 5.97 Å². The van der Waals surface area contributed by atoms with E-state index in [0.29, 0.717) is 16.1 Å². The van der Waals surface area contributed by atoms with Crippen molar-refractivity contribution in [2.45, 2.75) is 11.3 Å². The summed E-state index contributed by atoms with van der Waals surface area (Å²) in [6.07, 6.45) is 0. The second-order valence-corrected chi connectivity index (χ2v) is 9.22. The Bertz CT molecular complexity index is 1320. The molecule has 1 heterocycles. The van der Waals surface area contributed by atoms with Crippen LogP contribution in [0.25, 0.3) is 0 Å². The van der Waals surface area contributed by atoms with Gasteiger partial charge in [-0.3, -0.25) is 14.4 Å². The SMILES string of the molecule is O=C1C2C3c4ccccc4C(C(=O)O)(c4ccccc43)C2C(=O)N1c1cc(Cl)ccc1Cl. The molecule has 1 fully saturated rings. The molecule has 158 valence electrons. The van der Waals surface area contributed by atoms with Gasteiger partial charge in [0.15, 0.2) is 0 Å². The Morgan fingerprint density at radius 3 is 2.06 bits per heavy atom. The summed E-state index contributed by atoms with van der Waals surface area (Å²) < 4.78 is 0. The van der Waals surface area contributed by atoms with E-state index in [4.69, 9.17) is 23.2 Å². The van der Waals surface area contributed by atoms with E-state index in [0.717, 1.165) is 16.0 Å². The van der Waals surface area contributed by atoms with Crippen molar-refractivity contribution in [3.63, 3.8) is 0 Å². The molecule has 5 nitrogen and oxygen atoms in total. The van der Waals surface area contributed by atoms with Gasteiger partial charge in [0.1, 0.15) is 5.41 Å². The lowest BCUT2D eigenvalue weighted by atomic mass is 9.47. The third-order valence-electron chi connectivity index (χ3n) is 7.10. The lowest BCUT2D eigenvalue weighted by Crippen LogP contribution is -2.57. The first-order valence-electron chi connectivity index (χ1n) is 10.1. The molecule has 0 radical (unpaired) electrons. The highest BCUT2D eigenvalue weighted by Crippen LogP contribution is 2.64. The first kappa shape index (κ1) is 19.5. The zero-order valence-electron chi connectivity index (χ0n) is 16.5. The quantitative estimate of drug-likeness (QED) is 0.562. The minimum atomic E-state index is -1.67. The molecule has 3 aromatic carbocycles. The minimum Gasteiger partial charge on any atom is -0.480 e. The van der Waals surface area contributed by atoms with E-state index in [-0.39, 0.29) is 10.7 Å². The highest BCUT2D eigenvalue weighted by molar-refractivity contribution is 6.38. The summed E-state index contributed by atoms with van der Waals surface area (Å²) in [5.41, 5.74) is 1.19. The molecular formula is C25H15Cl2NO4. The Kier molecular flexibility index (Phi) is 3.93. The van der Waals surface area contributed by atoms with E-state index in [2.05, 4.69) is 0 Å². The normalized spacial score (nSPS) is 27.2. The smallest absolute Gasteiger partial charge is 0.319 e. The Morgan fingerprint density at radius 1 is 0.875 bits per heavy atom. The van der Waals surface area contributed by atoms with Crippen molar-refractivity contribution in [3.05, 3.63) is 99.0 Å². The topological polar surface area (TPSA) is 74.7 Å². The molecule has 2 bridgehead atoms. The molecule has 2 atom stereocenters. The standard InChI is InChI=1S/C25H15Cl2NO4/c26-12-9-10-17(27)18(11-12)28-22(29)20-19-13-5-1-3-7-15(13)25(24(31)32,21(20)23(28)30)16-8-4-2-6-14(16)19/h1-11,19-21H,(H,31,32). The zero-order valence-corrected chi connectivity index (χ0v) is 18.0. The number of aliphatic carboxylic acids is 1. The number of carboxylic acid groups (broad SMARTS) is 1. The number of carbonyl (C=O) groups excluding carboxylic acids is 2. The lowest BCUT2D eigenvalue weighted by Gasteiger charge is -2.51. The third-order valence-corrected chi connectivity index (χ3v) is 7.66. The van der Waals surface area contributed by atoms with Crippen LogP contribution in [0.15, 0.2) is 66.7 Å². The van der Waals surface area contributed by atoms with Gasteiger partial charge in [-0.15, -0.1) is 0 Å². The predicted molar refractivity (Wildman–Crippen MR) is 119 cm³/mol. The van der Waals surface area contributed by atoms with Crippen LogP contribution in [0, 0.1) is 11.8 Å². The highest BCUT2D eigenvalue weighted by Gasteiger charge is 2.71. The van der Waals surface area contributed by atoms with E-state index in [1.54, 1.807) is 30.3 Å². The lowest BCUT2D eigenvalue weighted by molar-refractivity contribution is -0.149. The van der Waals surface area contributed by atoms with Gasteiger partial charge in [-0.1, -0.05) is 71.7 Å². The van der Waals surface area contributed by atoms with Crippen LogP contribution in [0.2, 0.25) is 10.0 Å². The van der Waals surface area contributed by atoms with Crippen LogP contribution < -0.4 is 4.90 Å². The number of benzene rings is 3. The average Bonchev–Trinajstić information content (AvgIpc) is 3.06.